The summed E-state index contributed by atoms with van der Waals surface area (Å²) in [5.41, 5.74) is 2.15. The molecule has 1 N–H and O–H groups in total. The Morgan fingerprint density at radius 2 is 1.94 bits per heavy atom. The number of aromatic nitrogens is 3. The van der Waals surface area contributed by atoms with Gasteiger partial charge in [-0.15, -0.1) is 0 Å². The summed E-state index contributed by atoms with van der Waals surface area (Å²) < 4.78 is 2.09. The van der Waals surface area contributed by atoms with Gasteiger partial charge in [0.05, 0.1) is 5.52 Å². The maximum atomic E-state index is 12.9. The third-order valence-electron chi connectivity index (χ3n) is 6.91. The third kappa shape index (κ3) is 3.63. The number of benzene rings is 1. The molecule has 1 saturated heterocycles. The molecule has 3 aromatic rings. The molecule has 3 atom stereocenters. The van der Waals surface area contributed by atoms with E-state index >= 15 is 0 Å². The molecule has 0 unspecified atom stereocenters. The van der Waals surface area contributed by atoms with Gasteiger partial charge in [-0.1, -0.05) is 32.0 Å². The van der Waals surface area contributed by atoms with E-state index in [-0.39, 0.29) is 18.2 Å². The predicted octanol–water partition coefficient (Wildman–Crippen LogP) is 3.88. The Labute approximate surface area is 182 Å². The molecule has 2 aliphatic rings. The lowest BCUT2D eigenvalue weighted by molar-refractivity contribution is 0.195. The normalized spacial score (nSPS) is 22.7. The van der Waals surface area contributed by atoms with Crippen molar-refractivity contribution in [1.82, 2.24) is 14.5 Å². The van der Waals surface area contributed by atoms with Crippen LogP contribution in [-0.4, -0.2) is 32.7 Å². The van der Waals surface area contributed by atoms with Crippen LogP contribution in [0.25, 0.3) is 10.9 Å². The minimum Gasteiger partial charge on any atom is -0.388 e. The lowest BCUT2D eigenvalue weighted by Crippen LogP contribution is -2.50. The largest absolute Gasteiger partial charge is 0.388 e. The Hall–Kier alpha value is -2.73. The Morgan fingerprint density at radius 3 is 2.74 bits per heavy atom. The van der Waals surface area contributed by atoms with Crippen LogP contribution in [0.15, 0.2) is 47.3 Å². The first kappa shape index (κ1) is 20.2. The summed E-state index contributed by atoms with van der Waals surface area (Å²) in [5, 5.41) is 10.7. The number of pyridine rings is 1. The maximum absolute atomic E-state index is 12.9. The van der Waals surface area contributed by atoms with E-state index in [0.29, 0.717) is 23.6 Å². The second-order valence-corrected chi connectivity index (χ2v) is 9.43. The van der Waals surface area contributed by atoms with E-state index in [1.807, 2.05) is 24.3 Å². The van der Waals surface area contributed by atoms with Gasteiger partial charge in [0.25, 0.3) is 5.56 Å². The SMILES string of the molecule is CC(C)CC[C@H]1[C@H]2C[C@H](CN(c3nc(CO)nc4ccccc34)C2)c2cccc(=O)n21. The fraction of sp³-hybridized carbons (Fsp3) is 0.480. The number of anilines is 1. The number of aliphatic hydroxyl groups is 1. The predicted molar refractivity (Wildman–Crippen MR) is 122 cm³/mol. The molecule has 2 aromatic heterocycles. The summed E-state index contributed by atoms with van der Waals surface area (Å²) in [4.78, 5) is 24.5. The first-order chi connectivity index (χ1) is 15.0. The minimum absolute atomic E-state index is 0.129. The molecule has 2 aliphatic heterocycles. The van der Waals surface area contributed by atoms with Crippen molar-refractivity contribution >= 4 is 16.7 Å². The van der Waals surface area contributed by atoms with Crippen molar-refractivity contribution < 1.29 is 5.11 Å². The summed E-state index contributed by atoms with van der Waals surface area (Å²) in [6.07, 6.45) is 3.24. The van der Waals surface area contributed by atoms with Gasteiger partial charge < -0.3 is 14.6 Å². The van der Waals surface area contributed by atoms with Gasteiger partial charge in [0.2, 0.25) is 0 Å². The summed E-state index contributed by atoms with van der Waals surface area (Å²) in [5.74, 6) is 2.67. The van der Waals surface area contributed by atoms with Crippen molar-refractivity contribution in [3.05, 3.63) is 64.3 Å². The van der Waals surface area contributed by atoms with E-state index < -0.39 is 0 Å². The van der Waals surface area contributed by atoms with Gasteiger partial charge in [-0.2, -0.15) is 0 Å². The zero-order valence-corrected chi connectivity index (χ0v) is 18.2. The second kappa shape index (κ2) is 8.08. The highest BCUT2D eigenvalue weighted by atomic mass is 16.3. The average molecular weight is 419 g/mol. The van der Waals surface area contributed by atoms with Crippen molar-refractivity contribution in [3.63, 3.8) is 0 Å². The topological polar surface area (TPSA) is 71.2 Å². The molecule has 6 heteroatoms. The van der Waals surface area contributed by atoms with Crippen molar-refractivity contribution in [2.45, 2.75) is 51.7 Å². The molecule has 1 fully saturated rings. The molecular formula is C25H30N4O2. The molecule has 0 aliphatic carbocycles. The molecule has 0 amide bonds. The smallest absolute Gasteiger partial charge is 0.250 e. The van der Waals surface area contributed by atoms with Crippen LogP contribution < -0.4 is 10.5 Å². The van der Waals surface area contributed by atoms with Crippen LogP contribution in [0, 0.1) is 11.8 Å². The number of hydrogen-bond donors (Lipinski definition) is 1. The van der Waals surface area contributed by atoms with Crippen LogP contribution in [0.5, 0.6) is 0 Å². The van der Waals surface area contributed by atoms with Crippen molar-refractivity contribution in [2.24, 2.45) is 11.8 Å². The van der Waals surface area contributed by atoms with E-state index in [1.54, 1.807) is 6.07 Å². The zero-order valence-electron chi connectivity index (χ0n) is 18.2. The minimum atomic E-state index is -0.173. The van der Waals surface area contributed by atoms with Crippen LogP contribution in [-0.2, 0) is 6.61 Å². The van der Waals surface area contributed by atoms with E-state index in [4.69, 9.17) is 4.98 Å². The highest BCUT2D eigenvalue weighted by molar-refractivity contribution is 5.89. The highest BCUT2D eigenvalue weighted by Crippen LogP contribution is 2.44. The van der Waals surface area contributed by atoms with Crippen molar-refractivity contribution in [2.75, 3.05) is 18.0 Å². The molecular weight excluding hydrogens is 388 g/mol. The van der Waals surface area contributed by atoms with Gasteiger partial charge in [0.15, 0.2) is 5.82 Å². The van der Waals surface area contributed by atoms with Gasteiger partial charge in [-0.25, -0.2) is 9.97 Å². The molecule has 6 nitrogen and oxygen atoms in total. The Bertz CT molecular complexity index is 1160. The third-order valence-corrected chi connectivity index (χ3v) is 6.91. The average Bonchev–Trinajstić information content (AvgIpc) is 2.78. The first-order valence-corrected chi connectivity index (χ1v) is 11.4. The van der Waals surface area contributed by atoms with Crippen LogP contribution in [0.2, 0.25) is 0 Å². The van der Waals surface area contributed by atoms with Gasteiger partial charge in [-0.05, 0) is 49.3 Å². The summed E-state index contributed by atoms with van der Waals surface area (Å²) >= 11 is 0. The van der Waals surface area contributed by atoms with Gasteiger partial charge >= 0.3 is 0 Å². The number of piperidine rings is 1. The number of hydrogen-bond acceptors (Lipinski definition) is 5. The summed E-state index contributed by atoms with van der Waals surface area (Å²) in [6, 6.07) is 14.0. The molecule has 162 valence electrons. The van der Waals surface area contributed by atoms with Crippen LogP contribution in [0.1, 0.15) is 56.6 Å². The molecule has 5 rings (SSSR count). The second-order valence-electron chi connectivity index (χ2n) is 9.43. The van der Waals surface area contributed by atoms with Gasteiger partial charge in [0, 0.05) is 42.2 Å². The lowest BCUT2D eigenvalue weighted by atomic mass is 9.76. The summed E-state index contributed by atoms with van der Waals surface area (Å²) in [6.45, 7) is 6.01. The highest BCUT2D eigenvalue weighted by Gasteiger charge is 2.41. The number of nitrogens with zero attached hydrogens (tertiary/aromatic N) is 4. The van der Waals surface area contributed by atoms with Crippen LogP contribution >= 0.6 is 0 Å². The number of aliphatic hydroxyl groups excluding tert-OH is 1. The van der Waals surface area contributed by atoms with E-state index in [1.165, 1.54) is 0 Å². The fourth-order valence-corrected chi connectivity index (χ4v) is 5.51. The molecule has 31 heavy (non-hydrogen) atoms. The van der Waals surface area contributed by atoms with Crippen molar-refractivity contribution in [1.29, 1.82) is 0 Å². The summed E-state index contributed by atoms with van der Waals surface area (Å²) in [7, 11) is 0. The molecule has 4 heterocycles. The van der Waals surface area contributed by atoms with E-state index in [0.717, 1.165) is 54.8 Å². The van der Waals surface area contributed by atoms with E-state index in [2.05, 4.69) is 40.4 Å². The Kier molecular flexibility index (Phi) is 5.26. The Morgan fingerprint density at radius 1 is 1.10 bits per heavy atom. The lowest BCUT2D eigenvalue weighted by Gasteiger charge is -2.47. The number of fused-ring (bicyclic) bond motifs is 5. The monoisotopic (exact) mass is 418 g/mol. The standard InChI is InChI=1S/C25H30N4O2/c1-16(2)10-11-22-18-12-17(21-8-5-9-24(31)29(21)22)13-28(14-18)25-19-6-3-4-7-20(19)26-23(15-30)27-25/h3-9,16-18,22,30H,10-15H2,1-2H3/t17-,18+,22+/m1/s1. The molecule has 0 spiro atoms. The van der Waals surface area contributed by atoms with Crippen LogP contribution in [0.4, 0.5) is 5.82 Å². The maximum Gasteiger partial charge on any atom is 0.250 e. The number of para-hydroxylation sites is 1. The van der Waals surface area contributed by atoms with E-state index in [9.17, 15) is 9.90 Å². The Balaban J connectivity index is 1.58. The molecule has 2 bridgehead atoms. The molecule has 0 saturated carbocycles. The van der Waals surface area contributed by atoms with Crippen molar-refractivity contribution in [3.8, 4) is 0 Å². The fourth-order valence-electron chi connectivity index (χ4n) is 5.51. The zero-order chi connectivity index (χ0) is 21.5. The molecule has 0 radical (unpaired) electrons. The van der Waals surface area contributed by atoms with Gasteiger partial charge in [0.1, 0.15) is 12.4 Å². The number of rotatable bonds is 5. The quantitative estimate of drug-likeness (QED) is 0.681. The molecule has 1 aromatic carbocycles. The first-order valence-electron chi connectivity index (χ1n) is 11.4. The van der Waals surface area contributed by atoms with Crippen LogP contribution in [0.3, 0.4) is 0 Å². The van der Waals surface area contributed by atoms with Gasteiger partial charge in [-0.3, -0.25) is 4.79 Å².